The quantitative estimate of drug-likeness (QED) is 0.913. The summed E-state index contributed by atoms with van der Waals surface area (Å²) in [6.07, 6.45) is 0. The van der Waals surface area contributed by atoms with Crippen molar-refractivity contribution in [1.82, 2.24) is 10.2 Å². The second-order valence-corrected chi connectivity index (χ2v) is 6.69. The van der Waals surface area contributed by atoms with Gasteiger partial charge in [-0.2, -0.15) is 0 Å². The molecule has 2 aromatic rings. The van der Waals surface area contributed by atoms with Gasteiger partial charge < -0.3 is 15.0 Å². The predicted molar refractivity (Wildman–Crippen MR) is 100 cm³/mol. The van der Waals surface area contributed by atoms with Crippen LogP contribution in [0.5, 0.6) is 5.75 Å². The predicted octanol–water partition coefficient (Wildman–Crippen LogP) is 2.98. The molecule has 1 N–H and O–H groups in total. The molecule has 1 amide bonds. The van der Waals surface area contributed by atoms with Crippen molar-refractivity contribution in [2.45, 2.75) is 6.61 Å². The third-order valence-electron chi connectivity index (χ3n) is 5.01. The highest BCUT2D eigenvalue weighted by Gasteiger charge is 2.38. The number of hydrogen-bond donors (Lipinski definition) is 1. The van der Waals surface area contributed by atoms with E-state index in [1.165, 1.54) is 0 Å². The standard InChI is InChI=1S/C20H22N2O2.ClH/c23-20(22-12-17-10-21-11-18(17)13-22)16-7-4-8-19(9-16)24-14-15-5-2-1-3-6-15;/h1-9,17-18,21H,10-14H2;1H/t17-,18+;. The fourth-order valence-electron chi connectivity index (χ4n) is 3.66. The van der Waals surface area contributed by atoms with Crippen molar-refractivity contribution in [3.8, 4) is 5.75 Å². The normalized spacial score (nSPS) is 21.5. The molecule has 5 heteroatoms. The minimum absolute atomic E-state index is 0. The van der Waals surface area contributed by atoms with Gasteiger partial charge in [0, 0.05) is 31.7 Å². The zero-order valence-corrected chi connectivity index (χ0v) is 14.9. The smallest absolute Gasteiger partial charge is 0.254 e. The number of halogens is 1. The molecular formula is C20H23ClN2O2. The number of benzene rings is 2. The van der Waals surface area contributed by atoms with Gasteiger partial charge in [0.05, 0.1) is 0 Å². The average Bonchev–Trinajstić information content (AvgIpc) is 3.22. The number of hydrogen-bond acceptors (Lipinski definition) is 3. The van der Waals surface area contributed by atoms with Gasteiger partial charge in [0.15, 0.2) is 0 Å². The van der Waals surface area contributed by atoms with E-state index in [2.05, 4.69) is 5.32 Å². The maximum absolute atomic E-state index is 12.8. The van der Waals surface area contributed by atoms with Gasteiger partial charge in [0.2, 0.25) is 0 Å². The molecule has 2 aliphatic rings. The SMILES string of the molecule is Cl.O=C(c1cccc(OCc2ccccc2)c1)N1C[C@H]2CNC[C@H]2C1. The van der Waals surface area contributed by atoms with Crippen molar-refractivity contribution in [2.24, 2.45) is 11.8 Å². The molecule has 25 heavy (non-hydrogen) atoms. The van der Waals surface area contributed by atoms with E-state index in [0.29, 0.717) is 24.0 Å². The van der Waals surface area contributed by atoms with E-state index in [0.717, 1.165) is 37.5 Å². The highest BCUT2D eigenvalue weighted by atomic mass is 35.5. The topological polar surface area (TPSA) is 41.6 Å². The minimum Gasteiger partial charge on any atom is -0.489 e. The van der Waals surface area contributed by atoms with Gasteiger partial charge in [-0.1, -0.05) is 36.4 Å². The van der Waals surface area contributed by atoms with Crippen LogP contribution in [-0.4, -0.2) is 37.0 Å². The van der Waals surface area contributed by atoms with Crippen LogP contribution < -0.4 is 10.1 Å². The van der Waals surface area contributed by atoms with Gasteiger partial charge in [0.25, 0.3) is 5.91 Å². The average molecular weight is 359 g/mol. The number of carbonyl (C=O) groups excluding carboxylic acids is 1. The van der Waals surface area contributed by atoms with E-state index < -0.39 is 0 Å². The molecule has 0 spiro atoms. The molecule has 0 aromatic heterocycles. The van der Waals surface area contributed by atoms with Crippen molar-refractivity contribution < 1.29 is 9.53 Å². The molecule has 2 aromatic carbocycles. The van der Waals surface area contributed by atoms with Gasteiger partial charge in [-0.3, -0.25) is 4.79 Å². The van der Waals surface area contributed by atoms with E-state index in [-0.39, 0.29) is 18.3 Å². The van der Waals surface area contributed by atoms with E-state index in [4.69, 9.17) is 4.74 Å². The molecule has 2 atom stereocenters. The monoisotopic (exact) mass is 358 g/mol. The Morgan fingerprint density at radius 3 is 2.48 bits per heavy atom. The Morgan fingerprint density at radius 1 is 1.04 bits per heavy atom. The Morgan fingerprint density at radius 2 is 1.76 bits per heavy atom. The van der Waals surface area contributed by atoms with Crippen molar-refractivity contribution in [3.63, 3.8) is 0 Å². The highest BCUT2D eigenvalue weighted by Crippen LogP contribution is 2.28. The lowest BCUT2D eigenvalue weighted by Gasteiger charge is -2.18. The van der Waals surface area contributed by atoms with Crippen LogP contribution in [0.3, 0.4) is 0 Å². The summed E-state index contributed by atoms with van der Waals surface area (Å²) in [5.74, 6) is 2.10. The lowest BCUT2D eigenvalue weighted by atomic mass is 10.0. The number of fused-ring (bicyclic) bond motifs is 1. The van der Waals surface area contributed by atoms with Gasteiger partial charge >= 0.3 is 0 Å². The maximum Gasteiger partial charge on any atom is 0.254 e. The van der Waals surface area contributed by atoms with Gasteiger partial charge in [-0.05, 0) is 35.6 Å². The van der Waals surface area contributed by atoms with Crippen molar-refractivity contribution in [1.29, 1.82) is 0 Å². The molecule has 4 rings (SSSR count). The summed E-state index contributed by atoms with van der Waals surface area (Å²) in [4.78, 5) is 14.7. The summed E-state index contributed by atoms with van der Waals surface area (Å²) in [6, 6.07) is 17.6. The second kappa shape index (κ2) is 7.89. The summed E-state index contributed by atoms with van der Waals surface area (Å²) >= 11 is 0. The largest absolute Gasteiger partial charge is 0.489 e. The fourth-order valence-corrected chi connectivity index (χ4v) is 3.66. The van der Waals surface area contributed by atoms with Crippen LogP contribution in [0.25, 0.3) is 0 Å². The van der Waals surface area contributed by atoms with E-state index in [1.807, 2.05) is 59.5 Å². The molecule has 2 heterocycles. The third-order valence-corrected chi connectivity index (χ3v) is 5.01. The van der Waals surface area contributed by atoms with Crippen molar-refractivity contribution in [3.05, 3.63) is 65.7 Å². The zero-order chi connectivity index (χ0) is 16.4. The lowest BCUT2D eigenvalue weighted by Crippen LogP contribution is -2.31. The first-order chi connectivity index (χ1) is 11.8. The molecule has 0 radical (unpaired) electrons. The van der Waals surface area contributed by atoms with Crippen molar-refractivity contribution >= 4 is 18.3 Å². The number of likely N-dealkylation sites (tertiary alicyclic amines) is 1. The number of nitrogens with zero attached hydrogens (tertiary/aromatic N) is 1. The van der Waals surface area contributed by atoms with Crippen LogP contribution in [0, 0.1) is 11.8 Å². The molecule has 0 unspecified atom stereocenters. The Kier molecular flexibility index (Phi) is 5.61. The van der Waals surface area contributed by atoms with Gasteiger partial charge in [-0.25, -0.2) is 0 Å². The molecule has 0 aliphatic carbocycles. The van der Waals surface area contributed by atoms with E-state index in [9.17, 15) is 4.79 Å². The number of amides is 1. The molecule has 4 nitrogen and oxygen atoms in total. The Balaban J connectivity index is 0.00000182. The van der Waals surface area contributed by atoms with Crippen LogP contribution in [0.4, 0.5) is 0 Å². The summed E-state index contributed by atoms with van der Waals surface area (Å²) in [7, 11) is 0. The first kappa shape index (κ1) is 17.8. The van der Waals surface area contributed by atoms with Gasteiger partial charge in [-0.15, -0.1) is 12.4 Å². The Labute approximate surface area is 154 Å². The fraction of sp³-hybridized carbons (Fsp3) is 0.350. The molecule has 0 saturated carbocycles. The van der Waals surface area contributed by atoms with E-state index in [1.54, 1.807) is 0 Å². The van der Waals surface area contributed by atoms with E-state index >= 15 is 0 Å². The van der Waals surface area contributed by atoms with Crippen LogP contribution in [0.1, 0.15) is 15.9 Å². The third kappa shape index (κ3) is 3.97. The molecule has 2 fully saturated rings. The van der Waals surface area contributed by atoms with Crippen molar-refractivity contribution in [2.75, 3.05) is 26.2 Å². The van der Waals surface area contributed by atoms with Crippen LogP contribution >= 0.6 is 12.4 Å². The molecule has 132 valence electrons. The summed E-state index contributed by atoms with van der Waals surface area (Å²) < 4.78 is 5.84. The summed E-state index contributed by atoms with van der Waals surface area (Å²) in [5.41, 5.74) is 1.84. The lowest BCUT2D eigenvalue weighted by molar-refractivity contribution is 0.0781. The number of nitrogens with one attached hydrogen (secondary N) is 1. The molecule has 2 saturated heterocycles. The van der Waals surface area contributed by atoms with Gasteiger partial charge in [0.1, 0.15) is 12.4 Å². The van der Waals surface area contributed by atoms with Crippen LogP contribution in [0.2, 0.25) is 0 Å². The Hall–Kier alpha value is -2.04. The number of carbonyl (C=O) groups is 1. The second-order valence-electron chi connectivity index (χ2n) is 6.69. The first-order valence-electron chi connectivity index (χ1n) is 8.56. The number of rotatable bonds is 4. The highest BCUT2D eigenvalue weighted by molar-refractivity contribution is 5.94. The molecular weight excluding hydrogens is 336 g/mol. The molecule has 2 aliphatic heterocycles. The summed E-state index contributed by atoms with van der Waals surface area (Å²) in [6.45, 7) is 4.32. The maximum atomic E-state index is 12.8. The summed E-state index contributed by atoms with van der Waals surface area (Å²) in [5, 5.41) is 3.41. The van der Waals surface area contributed by atoms with Crippen LogP contribution in [-0.2, 0) is 6.61 Å². The minimum atomic E-state index is 0. The molecule has 0 bridgehead atoms. The first-order valence-corrected chi connectivity index (χ1v) is 8.56. The number of ether oxygens (including phenoxy) is 1. The Bertz CT molecular complexity index is 711. The van der Waals surface area contributed by atoms with Crippen LogP contribution in [0.15, 0.2) is 54.6 Å². The zero-order valence-electron chi connectivity index (χ0n) is 14.1.